The van der Waals surface area contributed by atoms with Gasteiger partial charge < -0.3 is 9.88 Å². The lowest BCUT2D eigenvalue weighted by Gasteiger charge is -2.07. The van der Waals surface area contributed by atoms with Crippen LogP contribution >= 0.6 is 15.9 Å². The number of nitrogens with one attached hydrogen (secondary N) is 1. The molecule has 0 fully saturated rings. The van der Waals surface area contributed by atoms with E-state index in [1.807, 2.05) is 47.3 Å². The van der Waals surface area contributed by atoms with Crippen molar-refractivity contribution >= 4 is 21.8 Å². The van der Waals surface area contributed by atoms with E-state index >= 15 is 0 Å². The fourth-order valence-corrected chi connectivity index (χ4v) is 1.73. The van der Waals surface area contributed by atoms with Gasteiger partial charge in [0.1, 0.15) is 0 Å². The Kier molecular flexibility index (Phi) is 3.99. The van der Waals surface area contributed by atoms with Crippen molar-refractivity contribution in [3.63, 3.8) is 0 Å². The fraction of sp³-hybridized carbons (Fsp3) is 0.0714. The first kappa shape index (κ1) is 12.6. The van der Waals surface area contributed by atoms with Crippen molar-refractivity contribution in [3.05, 3.63) is 65.4 Å². The number of amides is 1. The summed E-state index contributed by atoms with van der Waals surface area (Å²) < 4.78 is 2.71. The van der Waals surface area contributed by atoms with E-state index < -0.39 is 0 Å². The van der Waals surface area contributed by atoms with Crippen molar-refractivity contribution < 1.29 is 4.79 Å². The van der Waals surface area contributed by atoms with Crippen LogP contribution in [0, 0.1) is 0 Å². The number of rotatable bonds is 4. The average molecular weight is 305 g/mol. The smallest absolute Gasteiger partial charge is 0.251 e. The molecular weight excluding hydrogens is 292 g/mol. The molecule has 1 heterocycles. The molecule has 0 unspecified atom stereocenters. The van der Waals surface area contributed by atoms with E-state index in [2.05, 4.69) is 27.8 Å². The lowest BCUT2D eigenvalue weighted by molar-refractivity contribution is 0.0958. The van der Waals surface area contributed by atoms with Gasteiger partial charge in [-0.25, -0.2) is 0 Å². The highest BCUT2D eigenvalue weighted by molar-refractivity contribution is 9.11. The number of carbonyl (C=O) groups excluding carboxylic acids is 1. The van der Waals surface area contributed by atoms with Crippen molar-refractivity contribution in [2.24, 2.45) is 0 Å². The highest BCUT2D eigenvalue weighted by Crippen LogP contribution is 2.11. The summed E-state index contributed by atoms with van der Waals surface area (Å²) in [5.74, 6) is -0.107. The lowest BCUT2D eigenvalue weighted by atomic mass is 10.2. The molecule has 1 aromatic heterocycles. The molecule has 2 rings (SSSR count). The predicted octanol–water partition coefficient (Wildman–Crippen LogP) is 3.12. The van der Waals surface area contributed by atoms with Crippen molar-refractivity contribution in [1.29, 1.82) is 0 Å². The summed E-state index contributed by atoms with van der Waals surface area (Å²) in [6, 6.07) is 11.4. The minimum Gasteiger partial charge on any atom is -0.347 e. The quantitative estimate of drug-likeness (QED) is 0.925. The third kappa shape index (κ3) is 3.11. The van der Waals surface area contributed by atoms with Crippen LogP contribution in [0.1, 0.15) is 10.4 Å². The van der Waals surface area contributed by atoms with Crippen LogP contribution < -0.4 is 5.32 Å². The van der Waals surface area contributed by atoms with E-state index in [1.165, 1.54) is 0 Å². The molecule has 0 bridgehead atoms. The molecule has 92 valence electrons. The molecule has 18 heavy (non-hydrogen) atoms. The number of benzene rings is 1. The maximum Gasteiger partial charge on any atom is 0.251 e. The van der Waals surface area contributed by atoms with Crippen LogP contribution in [0.5, 0.6) is 0 Å². The molecule has 1 aromatic carbocycles. The Balaban J connectivity index is 2.17. The molecule has 0 saturated carbocycles. The van der Waals surface area contributed by atoms with Gasteiger partial charge in [-0.05, 0) is 30.3 Å². The molecule has 1 N–H and O–H groups in total. The Bertz CT molecular complexity index is 561. The van der Waals surface area contributed by atoms with Crippen molar-refractivity contribution in [2.75, 3.05) is 6.54 Å². The van der Waals surface area contributed by atoms with Gasteiger partial charge in [0.15, 0.2) is 0 Å². The Morgan fingerprint density at radius 1 is 1.28 bits per heavy atom. The van der Waals surface area contributed by atoms with Gasteiger partial charge in [0.2, 0.25) is 0 Å². The molecule has 0 aliphatic heterocycles. The van der Waals surface area contributed by atoms with E-state index in [0.29, 0.717) is 12.1 Å². The van der Waals surface area contributed by atoms with Gasteiger partial charge in [-0.15, -0.1) is 0 Å². The van der Waals surface area contributed by atoms with Gasteiger partial charge in [0, 0.05) is 34.7 Å². The Hall–Kier alpha value is -1.81. The molecule has 3 nitrogen and oxygen atoms in total. The lowest BCUT2D eigenvalue weighted by Crippen LogP contribution is -2.24. The topological polar surface area (TPSA) is 34.0 Å². The van der Waals surface area contributed by atoms with Crippen molar-refractivity contribution in [3.8, 4) is 5.69 Å². The van der Waals surface area contributed by atoms with Crippen LogP contribution in [-0.4, -0.2) is 17.0 Å². The molecule has 4 heteroatoms. The largest absolute Gasteiger partial charge is 0.347 e. The van der Waals surface area contributed by atoms with E-state index in [1.54, 1.807) is 6.07 Å². The molecule has 0 atom stereocenters. The fourth-order valence-electron chi connectivity index (χ4n) is 1.59. The highest BCUT2D eigenvalue weighted by atomic mass is 79.9. The third-order valence-electron chi connectivity index (χ3n) is 2.45. The van der Waals surface area contributed by atoms with Gasteiger partial charge >= 0.3 is 0 Å². The Labute approximate surface area is 114 Å². The van der Waals surface area contributed by atoms with Gasteiger partial charge in [0.05, 0.1) is 0 Å². The van der Waals surface area contributed by atoms with Crippen LogP contribution in [-0.2, 0) is 0 Å². The zero-order valence-electron chi connectivity index (χ0n) is 9.77. The summed E-state index contributed by atoms with van der Waals surface area (Å²) in [7, 11) is 0. The second kappa shape index (κ2) is 5.69. The standard InChI is InChI=1S/C14H13BrN2O/c1-11(15)10-16-14(18)12-5-4-6-13(9-12)17-7-2-3-8-17/h2-9H,1,10H2,(H,16,18). The van der Waals surface area contributed by atoms with Crippen LogP contribution in [0.15, 0.2) is 59.9 Å². The van der Waals surface area contributed by atoms with E-state index in [0.717, 1.165) is 10.2 Å². The minimum absolute atomic E-state index is 0.107. The molecule has 2 aromatic rings. The number of aromatic nitrogens is 1. The van der Waals surface area contributed by atoms with Crippen LogP contribution in [0.25, 0.3) is 5.69 Å². The van der Waals surface area contributed by atoms with Gasteiger partial charge in [-0.3, -0.25) is 4.79 Å². The summed E-state index contributed by atoms with van der Waals surface area (Å²) in [6.45, 7) is 4.10. The van der Waals surface area contributed by atoms with E-state index in [4.69, 9.17) is 0 Å². The van der Waals surface area contributed by atoms with E-state index in [9.17, 15) is 4.79 Å². The summed E-state index contributed by atoms with van der Waals surface area (Å²) in [6.07, 6.45) is 3.88. The summed E-state index contributed by atoms with van der Waals surface area (Å²) in [5, 5.41) is 2.78. The van der Waals surface area contributed by atoms with Crippen LogP contribution in [0.2, 0.25) is 0 Å². The SMILES string of the molecule is C=C(Br)CNC(=O)c1cccc(-n2cccc2)c1. The number of hydrogen-bond donors (Lipinski definition) is 1. The number of hydrogen-bond acceptors (Lipinski definition) is 1. The summed E-state index contributed by atoms with van der Waals surface area (Å²) >= 11 is 3.21. The number of halogens is 1. The molecule has 0 aliphatic rings. The maximum absolute atomic E-state index is 11.9. The maximum atomic E-state index is 11.9. The second-order valence-corrected chi connectivity index (χ2v) is 4.96. The Morgan fingerprint density at radius 3 is 2.67 bits per heavy atom. The first-order valence-corrected chi connectivity index (χ1v) is 6.31. The average Bonchev–Trinajstić information content (AvgIpc) is 2.90. The minimum atomic E-state index is -0.107. The molecule has 0 radical (unpaired) electrons. The number of nitrogens with zero attached hydrogens (tertiary/aromatic N) is 1. The Morgan fingerprint density at radius 2 is 2.00 bits per heavy atom. The van der Waals surface area contributed by atoms with Gasteiger partial charge in [0.25, 0.3) is 5.91 Å². The first-order valence-electron chi connectivity index (χ1n) is 5.52. The zero-order valence-corrected chi connectivity index (χ0v) is 11.4. The molecule has 1 amide bonds. The normalized spacial score (nSPS) is 10.1. The number of carbonyl (C=O) groups is 1. The first-order chi connectivity index (χ1) is 8.66. The summed E-state index contributed by atoms with van der Waals surface area (Å²) in [4.78, 5) is 11.9. The third-order valence-corrected chi connectivity index (χ3v) is 2.73. The summed E-state index contributed by atoms with van der Waals surface area (Å²) in [5.41, 5.74) is 1.60. The molecule has 0 saturated heterocycles. The zero-order chi connectivity index (χ0) is 13.0. The molecule has 0 aliphatic carbocycles. The predicted molar refractivity (Wildman–Crippen MR) is 76.2 cm³/mol. The monoisotopic (exact) mass is 304 g/mol. The second-order valence-electron chi connectivity index (χ2n) is 3.84. The van der Waals surface area contributed by atoms with Crippen LogP contribution in [0.3, 0.4) is 0 Å². The van der Waals surface area contributed by atoms with Crippen molar-refractivity contribution in [2.45, 2.75) is 0 Å². The molecule has 0 spiro atoms. The highest BCUT2D eigenvalue weighted by Gasteiger charge is 2.06. The molecular formula is C14H13BrN2O. The van der Waals surface area contributed by atoms with Crippen molar-refractivity contribution in [1.82, 2.24) is 9.88 Å². The van der Waals surface area contributed by atoms with Gasteiger partial charge in [-0.1, -0.05) is 28.6 Å². The van der Waals surface area contributed by atoms with Crippen LogP contribution in [0.4, 0.5) is 0 Å². The van der Waals surface area contributed by atoms with E-state index in [-0.39, 0.29) is 5.91 Å². The van der Waals surface area contributed by atoms with Gasteiger partial charge in [-0.2, -0.15) is 0 Å².